The minimum atomic E-state index is -0.427. The molecule has 1 aromatic heterocycles. The van der Waals surface area contributed by atoms with E-state index in [-0.39, 0.29) is 0 Å². The van der Waals surface area contributed by atoms with Crippen LogP contribution >= 0.6 is 0 Å². The van der Waals surface area contributed by atoms with E-state index in [0.29, 0.717) is 0 Å². The average Bonchev–Trinajstić information content (AvgIpc) is 2.70. The molecule has 1 N–H and O–H groups in total. The molecule has 0 aliphatic carbocycles. The molecule has 15 heavy (non-hydrogen) atoms. The zero-order valence-corrected chi connectivity index (χ0v) is 9.40. The molecule has 1 fully saturated rings. The Bertz CT molecular complexity index is 343. The maximum absolute atomic E-state index is 9.45. The second-order valence-corrected chi connectivity index (χ2v) is 4.28. The highest BCUT2D eigenvalue weighted by atomic mass is 16.3. The second kappa shape index (κ2) is 4.19. The average molecular weight is 206 g/mol. The Labute approximate surface area is 90.8 Å². The summed E-state index contributed by atoms with van der Waals surface area (Å²) in [7, 11) is 0. The van der Waals surface area contributed by atoms with Gasteiger partial charge in [0.05, 0.1) is 6.10 Å². The van der Waals surface area contributed by atoms with E-state index in [9.17, 15) is 5.11 Å². The Morgan fingerprint density at radius 2 is 2.07 bits per heavy atom. The lowest BCUT2D eigenvalue weighted by Crippen LogP contribution is -2.20. The van der Waals surface area contributed by atoms with Gasteiger partial charge in [0.25, 0.3) is 0 Å². The number of aromatic nitrogens is 1. The molecule has 1 aliphatic heterocycles. The third-order valence-corrected chi connectivity index (χ3v) is 2.96. The summed E-state index contributed by atoms with van der Waals surface area (Å²) >= 11 is 0. The van der Waals surface area contributed by atoms with Gasteiger partial charge in [-0.25, -0.2) is 4.98 Å². The van der Waals surface area contributed by atoms with E-state index in [1.165, 1.54) is 12.8 Å². The minimum Gasteiger partial charge on any atom is -0.389 e. The molecule has 1 aromatic rings. The van der Waals surface area contributed by atoms with Crippen molar-refractivity contribution in [3.8, 4) is 0 Å². The summed E-state index contributed by atoms with van der Waals surface area (Å²) in [5.74, 6) is 1.08. The van der Waals surface area contributed by atoms with Gasteiger partial charge in [0, 0.05) is 19.3 Å². The molecule has 82 valence electrons. The SMILES string of the molecule is Cc1cc([C@@H](C)O)cnc1N1CCCC1. The van der Waals surface area contributed by atoms with Crippen LogP contribution < -0.4 is 4.90 Å². The summed E-state index contributed by atoms with van der Waals surface area (Å²) in [4.78, 5) is 6.77. The number of hydrogen-bond acceptors (Lipinski definition) is 3. The van der Waals surface area contributed by atoms with Crippen molar-refractivity contribution in [3.63, 3.8) is 0 Å². The molecule has 0 aromatic carbocycles. The van der Waals surface area contributed by atoms with Gasteiger partial charge in [-0.05, 0) is 43.9 Å². The number of aryl methyl sites for hydroxylation is 1. The molecule has 1 atom stereocenters. The number of hydrogen-bond donors (Lipinski definition) is 1. The van der Waals surface area contributed by atoms with Gasteiger partial charge in [0.15, 0.2) is 0 Å². The fourth-order valence-corrected chi connectivity index (χ4v) is 2.08. The molecule has 0 spiro atoms. The molecular formula is C12H18N2O. The van der Waals surface area contributed by atoms with Crippen LogP contribution in [-0.4, -0.2) is 23.2 Å². The van der Waals surface area contributed by atoms with Crippen molar-refractivity contribution in [1.82, 2.24) is 4.98 Å². The first kappa shape index (κ1) is 10.4. The molecule has 1 aliphatic rings. The molecule has 2 rings (SSSR count). The highest BCUT2D eigenvalue weighted by molar-refractivity contribution is 5.48. The first-order valence-electron chi connectivity index (χ1n) is 5.58. The van der Waals surface area contributed by atoms with Crippen LogP contribution in [0.25, 0.3) is 0 Å². The molecule has 0 unspecified atom stereocenters. The van der Waals surface area contributed by atoms with Crippen LogP contribution in [0.15, 0.2) is 12.3 Å². The summed E-state index contributed by atoms with van der Waals surface area (Å²) in [6.07, 6.45) is 3.88. The first-order valence-corrected chi connectivity index (χ1v) is 5.58. The van der Waals surface area contributed by atoms with Crippen molar-refractivity contribution >= 4 is 5.82 Å². The molecule has 0 bridgehead atoms. The molecule has 0 radical (unpaired) electrons. The Hall–Kier alpha value is -1.09. The topological polar surface area (TPSA) is 36.4 Å². The predicted molar refractivity (Wildman–Crippen MR) is 61.1 cm³/mol. The molecule has 1 saturated heterocycles. The highest BCUT2D eigenvalue weighted by Crippen LogP contribution is 2.23. The number of nitrogens with zero attached hydrogens (tertiary/aromatic N) is 2. The van der Waals surface area contributed by atoms with Gasteiger partial charge in [-0.2, -0.15) is 0 Å². The van der Waals surface area contributed by atoms with Crippen molar-refractivity contribution < 1.29 is 5.11 Å². The maximum atomic E-state index is 9.45. The van der Waals surface area contributed by atoms with Crippen LogP contribution in [0.5, 0.6) is 0 Å². The van der Waals surface area contributed by atoms with Gasteiger partial charge >= 0.3 is 0 Å². The molecule has 0 saturated carbocycles. The highest BCUT2D eigenvalue weighted by Gasteiger charge is 2.16. The standard InChI is InChI=1S/C12H18N2O/c1-9-7-11(10(2)15)8-13-12(9)14-5-3-4-6-14/h7-8,10,15H,3-6H2,1-2H3/t10-/m1/s1. The summed E-state index contributed by atoms with van der Waals surface area (Å²) in [5, 5.41) is 9.45. The lowest BCUT2D eigenvalue weighted by Gasteiger charge is -2.19. The maximum Gasteiger partial charge on any atom is 0.131 e. The van der Waals surface area contributed by atoms with Crippen LogP contribution in [0, 0.1) is 6.92 Å². The number of rotatable bonds is 2. The molecule has 3 nitrogen and oxygen atoms in total. The van der Waals surface area contributed by atoms with Crippen molar-refractivity contribution in [2.75, 3.05) is 18.0 Å². The Morgan fingerprint density at radius 1 is 1.40 bits per heavy atom. The normalized spacial score (nSPS) is 18.2. The van der Waals surface area contributed by atoms with Gasteiger partial charge < -0.3 is 10.0 Å². The van der Waals surface area contributed by atoms with E-state index in [1.54, 1.807) is 13.1 Å². The third-order valence-electron chi connectivity index (χ3n) is 2.96. The van der Waals surface area contributed by atoms with Gasteiger partial charge in [0.2, 0.25) is 0 Å². The fraction of sp³-hybridized carbons (Fsp3) is 0.583. The largest absolute Gasteiger partial charge is 0.389 e. The Morgan fingerprint density at radius 3 is 2.60 bits per heavy atom. The smallest absolute Gasteiger partial charge is 0.131 e. The predicted octanol–water partition coefficient (Wildman–Crippen LogP) is 2.04. The zero-order chi connectivity index (χ0) is 10.8. The van der Waals surface area contributed by atoms with Crippen LogP contribution in [0.2, 0.25) is 0 Å². The van der Waals surface area contributed by atoms with Crippen LogP contribution in [0.1, 0.15) is 37.0 Å². The van der Waals surface area contributed by atoms with E-state index < -0.39 is 6.10 Å². The molecule has 0 amide bonds. The number of anilines is 1. The fourth-order valence-electron chi connectivity index (χ4n) is 2.08. The van der Waals surface area contributed by atoms with Crippen molar-refractivity contribution in [3.05, 3.63) is 23.4 Å². The van der Waals surface area contributed by atoms with Gasteiger partial charge in [-0.15, -0.1) is 0 Å². The third kappa shape index (κ3) is 2.12. The number of aliphatic hydroxyl groups is 1. The molecular weight excluding hydrogens is 188 g/mol. The van der Waals surface area contributed by atoms with Crippen molar-refractivity contribution in [1.29, 1.82) is 0 Å². The van der Waals surface area contributed by atoms with E-state index in [2.05, 4.69) is 16.8 Å². The second-order valence-electron chi connectivity index (χ2n) is 4.28. The van der Waals surface area contributed by atoms with Gasteiger partial charge in [0.1, 0.15) is 5.82 Å². The van der Waals surface area contributed by atoms with E-state index >= 15 is 0 Å². The monoisotopic (exact) mass is 206 g/mol. The minimum absolute atomic E-state index is 0.427. The molecule has 2 heterocycles. The van der Waals surface area contributed by atoms with Crippen molar-refractivity contribution in [2.45, 2.75) is 32.8 Å². The first-order chi connectivity index (χ1) is 7.18. The Balaban J connectivity index is 2.25. The molecule has 3 heteroatoms. The summed E-state index contributed by atoms with van der Waals surface area (Å²) < 4.78 is 0. The van der Waals surface area contributed by atoms with Crippen LogP contribution in [-0.2, 0) is 0 Å². The lowest BCUT2D eigenvalue weighted by atomic mass is 10.1. The van der Waals surface area contributed by atoms with Gasteiger partial charge in [-0.3, -0.25) is 0 Å². The summed E-state index contributed by atoms with van der Waals surface area (Å²) in [6, 6.07) is 2.03. The van der Waals surface area contributed by atoms with Gasteiger partial charge in [-0.1, -0.05) is 0 Å². The number of aliphatic hydroxyl groups excluding tert-OH is 1. The lowest BCUT2D eigenvalue weighted by molar-refractivity contribution is 0.199. The van der Waals surface area contributed by atoms with Crippen LogP contribution in [0.4, 0.5) is 5.82 Å². The zero-order valence-electron chi connectivity index (χ0n) is 9.40. The van der Waals surface area contributed by atoms with Crippen LogP contribution in [0.3, 0.4) is 0 Å². The Kier molecular flexibility index (Phi) is 2.91. The van der Waals surface area contributed by atoms with E-state index in [4.69, 9.17) is 0 Å². The van der Waals surface area contributed by atoms with Crippen molar-refractivity contribution in [2.24, 2.45) is 0 Å². The number of pyridine rings is 1. The summed E-state index contributed by atoms with van der Waals surface area (Å²) in [6.45, 7) is 6.06. The van der Waals surface area contributed by atoms with E-state index in [1.807, 2.05) is 6.07 Å². The quantitative estimate of drug-likeness (QED) is 0.804. The summed E-state index contributed by atoms with van der Waals surface area (Å²) in [5.41, 5.74) is 2.06. The van der Waals surface area contributed by atoms with E-state index in [0.717, 1.165) is 30.0 Å².